The largest absolute Gasteiger partial charge is 0.450 e. The smallest absolute Gasteiger partial charge is 0.291 e. The minimum Gasteiger partial charge on any atom is -0.450 e. The first-order chi connectivity index (χ1) is 13.5. The highest BCUT2D eigenvalue weighted by atomic mass is 32.2. The van der Waals surface area contributed by atoms with Gasteiger partial charge >= 0.3 is 0 Å². The molecule has 2 aliphatic heterocycles. The Morgan fingerprint density at radius 2 is 1.68 bits per heavy atom. The Labute approximate surface area is 161 Å². The Balaban J connectivity index is 1.76. The van der Waals surface area contributed by atoms with Crippen LogP contribution in [0.4, 0.5) is 0 Å². The predicted molar refractivity (Wildman–Crippen MR) is 104 cm³/mol. The minimum atomic E-state index is -3.20. The standard InChI is InChI=1S/C21H17NO5S/c23-19-15-8-4-5-9-16(15)27-20-17(19)18(13-6-2-1-3-7-13)22(21(20)24)14-10-11-28(25,26)12-14/h1-9,14,18H,10-12H2/t14-,18+/m0/s1. The third-order valence-corrected chi connectivity index (χ3v) is 7.28. The molecule has 5 rings (SSSR count). The van der Waals surface area contributed by atoms with Crippen LogP contribution in [0.25, 0.3) is 11.0 Å². The summed E-state index contributed by atoms with van der Waals surface area (Å²) in [6.45, 7) is 0. The molecule has 1 fully saturated rings. The highest BCUT2D eigenvalue weighted by Crippen LogP contribution is 2.41. The maximum absolute atomic E-state index is 13.3. The number of carbonyl (C=O) groups excluding carboxylic acids is 1. The molecule has 7 heteroatoms. The van der Waals surface area contributed by atoms with Crippen LogP contribution in [0.1, 0.15) is 34.1 Å². The molecule has 0 radical (unpaired) electrons. The fourth-order valence-electron chi connectivity index (χ4n) is 4.27. The zero-order chi connectivity index (χ0) is 19.5. The number of benzene rings is 2. The highest BCUT2D eigenvalue weighted by molar-refractivity contribution is 7.91. The summed E-state index contributed by atoms with van der Waals surface area (Å²) in [7, 11) is -3.20. The van der Waals surface area contributed by atoms with Crippen molar-refractivity contribution in [2.45, 2.75) is 18.5 Å². The molecule has 28 heavy (non-hydrogen) atoms. The van der Waals surface area contributed by atoms with E-state index in [1.807, 2.05) is 30.3 Å². The normalized spacial score (nSPS) is 23.3. The molecule has 0 saturated carbocycles. The Kier molecular flexibility index (Phi) is 3.71. The fraction of sp³-hybridized carbons (Fsp3) is 0.238. The van der Waals surface area contributed by atoms with E-state index in [-0.39, 0.29) is 22.7 Å². The molecule has 0 N–H and O–H groups in total. The first-order valence-corrected chi connectivity index (χ1v) is 10.9. The monoisotopic (exact) mass is 395 g/mol. The second kappa shape index (κ2) is 6.04. The molecule has 1 saturated heterocycles. The van der Waals surface area contributed by atoms with Gasteiger partial charge in [0.15, 0.2) is 15.3 Å². The molecule has 3 heterocycles. The van der Waals surface area contributed by atoms with Gasteiger partial charge in [0.25, 0.3) is 5.91 Å². The van der Waals surface area contributed by atoms with E-state index in [0.29, 0.717) is 23.0 Å². The minimum absolute atomic E-state index is 0.0156. The molecule has 0 spiro atoms. The van der Waals surface area contributed by atoms with Crippen molar-refractivity contribution in [2.75, 3.05) is 11.5 Å². The van der Waals surface area contributed by atoms with Gasteiger partial charge in [-0.25, -0.2) is 8.42 Å². The number of fused-ring (bicyclic) bond motifs is 2. The van der Waals surface area contributed by atoms with Crippen molar-refractivity contribution in [1.82, 2.24) is 4.90 Å². The van der Waals surface area contributed by atoms with E-state index in [1.54, 1.807) is 24.3 Å². The van der Waals surface area contributed by atoms with Crippen LogP contribution in [-0.2, 0) is 9.84 Å². The lowest BCUT2D eigenvalue weighted by Gasteiger charge is -2.30. The van der Waals surface area contributed by atoms with E-state index < -0.39 is 27.8 Å². The molecule has 0 aliphatic carbocycles. The van der Waals surface area contributed by atoms with Crippen LogP contribution in [0.3, 0.4) is 0 Å². The molecule has 1 amide bonds. The Hall–Kier alpha value is -2.93. The van der Waals surface area contributed by atoms with Crippen molar-refractivity contribution in [2.24, 2.45) is 0 Å². The number of hydrogen-bond donors (Lipinski definition) is 0. The first kappa shape index (κ1) is 17.2. The molecule has 142 valence electrons. The number of nitrogens with zero attached hydrogens (tertiary/aromatic N) is 1. The molecule has 2 aliphatic rings. The molecule has 0 unspecified atom stereocenters. The van der Waals surface area contributed by atoms with E-state index in [2.05, 4.69) is 0 Å². The average molecular weight is 395 g/mol. The van der Waals surface area contributed by atoms with Crippen molar-refractivity contribution in [1.29, 1.82) is 0 Å². The quantitative estimate of drug-likeness (QED) is 0.666. The van der Waals surface area contributed by atoms with Crippen molar-refractivity contribution < 1.29 is 17.6 Å². The van der Waals surface area contributed by atoms with Crippen LogP contribution < -0.4 is 5.43 Å². The van der Waals surface area contributed by atoms with Gasteiger partial charge in [0.1, 0.15) is 5.58 Å². The topological polar surface area (TPSA) is 84.7 Å². The van der Waals surface area contributed by atoms with Crippen LogP contribution >= 0.6 is 0 Å². The molecule has 2 aromatic carbocycles. The lowest BCUT2D eigenvalue weighted by atomic mass is 9.97. The molecule has 1 aromatic heterocycles. The van der Waals surface area contributed by atoms with Crippen molar-refractivity contribution >= 4 is 26.7 Å². The van der Waals surface area contributed by atoms with Crippen LogP contribution in [0.2, 0.25) is 0 Å². The third-order valence-electron chi connectivity index (χ3n) is 5.53. The van der Waals surface area contributed by atoms with Gasteiger partial charge in [-0.3, -0.25) is 9.59 Å². The number of rotatable bonds is 2. The van der Waals surface area contributed by atoms with E-state index in [1.165, 1.54) is 4.90 Å². The van der Waals surface area contributed by atoms with E-state index in [4.69, 9.17) is 4.42 Å². The number of hydrogen-bond acceptors (Lipinski definition) is 5. The Morgan fingerprint density at radius 3 is 2.39 bits per heavy atom. The van der Waals surface area contributed by atoms with Crippen molar-refractivity contribution in [3.63, 3.8) is 0 Å². The summed E-state index contributed by atoms with van der Waals surface area (Å²) in [6.07, 6.45) is 0.360. The summed E-state index contributed by atoms with van der Waals surface area (Å²) in [5, 5.41) is 0.413. The van der Waals surface area contributed by atoms with E-state index in [9.17, 15) is 18.0 Å². The molecular formula is C21H17NO5S. The maximum atomic E-state index is 13.3. The predicted octanol–water partition coefficient (Wildman–Crippen LogP) is 2.53. The van der Waals surface area contributed by atoms with Gasteiger partial charge < -0.3 is 9.32 Å². The lowest BCUT2D eigenvalue weighted by Crippen LogP contribution is -2.40. The first-order valence-electron chi connectivity index (χ1n) is 9.10. The van der Waals surface area contributed by atoms with Crippen molar-refractivity contribution in [3.05, 3.63) is 81.7 Å². The van der Waals surface area contributed by atoms with Gasteiger partial charge in [-0.1, -0.05) is 42.5 Å². The third kappa shape index (κ3) is 2.50. The van der Waals surface area contributed by atoms with Gasteiger partial charge in [0.2, 0.25) is 5.76 Å². The fourth-order valence-corrected chi connectivity index (χ4v) is 5.98. The maximum Gasteiger partial charge on any atom is 0.291 e. The van der Waals surface area contributed by atoms with Crippen LogP contribution in [-0.4, -0.2) is 36.8 Å². The SMILES string of the molecule is O=C1c2oc3ccccc3c(=O)c2[C@@H](c2ccccc2)N1[C@H]1CCS(=O)(=O)C1. The second-order valence-electron chi connectivity index (χ2n) is 7.25. The van der Waals surface area contributed by atoms with Gasteiger partial charge in [0.05, 0.1) is 28.5 Å². The number of amides is 1. The van der Waals surface area contributed by atoms with Gasteiger partial charge in [-0.2, -0.15) is 0 Å². The number of para-hydroxylation sites is 1. The van der Waals surface area contributed by atoms with Crippen LogP contribution in [0, 0.1) is 0 Å². The molecule has 3 aromatic rings. The average Bonchev–Trinajstić information content (AvgIpc) is 3.20. The zero-order valence-electron chi connectivity index (χ0n) is 14.9. The molecular weight excluding hydrogens is 378 g/mol. The van der Waals surface area contributed by atoms with Gasteiger partial charge in [-0.15, -0.1) is 0 Å². The summed E-state index contributed by atoms with van der Waals surface area (Å²) in [4.78, 5) is 28.1. The van der Waals surface area contributed by atoms with Crippen LogP contribution in [0.5, 0.6) is 0 Å². The lowest BCUT2D eigenvalue weighted by molar-refractivity contribution is 0.0662. The number of carbonyl (C=O) groups is 1. The summed E-state index contributed by atoms with van der Waals surface area (Å²) in [5.41, 5.74) is 1.16. The number of sulfone groups is 1. The van der Waals surface area contributed by atoms with Crippen LogP contribution in [0.15, 0.2) is 63.8 Å². The molecule has 6 nitrogen and oxygen atoms in total. The Bertz CT molecular complexity index is 1260. The zero-order valence-corrected chi connectivity index (χ0v) is 15.7. The summed E-state index contributed by atoms with van der Waals surface area (Å²) in [6, 6.07) is 14.9. The second-order valence-corrected chi connectivity index (χ2v) is 9.48. The van der Waals surface area contributed by atoms with E-state index >= 15 is 0 Å². The van der Waals surface area contributed by atoms with Gasteiger partial charge in [-0.05, 0) is 24.1 Å². The Morgan fingerprint density at radius 1 is 0.964 bits per heavy atom. The summed E-state index contributed by atoms with van der Waals surface area (Å²) < 4.78 is 30.0. The summed E-state index contributed by atoms with van der Waals surface area (Å²) >= 11 is 0. The summed E-state index contributed by atoms with van der Waals surface area (Å²) in [5.74, 6) is -0.456. The molecule has 0 bridgehead atoms. The van der Waals surface area contributed by atoms with Crippen molar-refractivity contribution in [3.8, 4) is 0 Å². The van der Waals surface area contributed by atoms with Gasteiger partial charge in [0, 0.05) is 6.04 Å². The highest BCUT2D eigenvalue weighted by Gasteiger charge is 2.48. The van der Waals surface area contributed by atoms with E-state index in [0.717, 1.165) is 5.56 Å². The molecule has 2 atom stereocenters.